The minimum Gasteiger partial charge on any atom is -0.481 e. The molecule has 2 aromatic carbocycles. The van der Waals surface area contributed by atoms with Crippen LogP contribution in [-0.2, 0) is 14.3 Å². The van der Waals surface area contributed by atoms with Crippen LogP contribution in [-0.4, -0.2) is 42.3 Å². The summed E-state index contributed by atoms with van der Waals surface area (Å²) in [6.07, 6.45) is 2.17. The average molecular weight is 422 g/mol. The predicted octanol–water partition coefficient (Wildman–Crippen LogP) is 3.31. The van der Waals surface area contributed by atoms with Gasteiger partial charge in [0.15, 0.2) is 0 Å². The van der Waals surface area contributed by atoms with Gasteiger partial charge in [0.25, 0.3) is 0 Å². The SMILES string of the molecule is CC(NC(=O)/C=C/CNC(=O)OCC1c2ccccc2-c2ccccc21)C(C)C(=O)O. The molecule has 2 unspecified atom stereocenters. The van der Waals surface area contributed by atoms with Gasteiger partial charge in [0.2, 0.25) is 5.91 Å². The number of aliphatic carboxylic acids is 1. The van der Waals surface area contributed by atoms with Crippen LogP contribution >= 0.6 is 0 Å². The van der Waals surface area contributed by atoms with Crippen LogP contribution in [0.15, 0.2) is 60.7 Å². The lowest BCUT2D eigenvalue weighted by atomic mass is 9.98. The molecule has 7 nitrogen and oxygen atoms in total. The minimum atomic E-state index is -0.978. The van der Waals surface area contributed by atoms with Gasteiger partial charge in [-0.15, -0.1) is 0 Å². The van der Waals surface area contributed by atoms with Crippen molar-refractivity contribution in [1.29, 1.82) is 0 Å². The van der Waals surface area contributed by atoms with Crippen LogP contribution < -0.4 is 10.6 Å². The Labute approximate surface area is 181 Å². The molecule has 3 rings (SSSR count). The zero-order chi connectivity index (χ0) is 22.4. The second-order valence-electron chi connectivity index (χ2n) is 7.53. The van der Waals surface area contributed by atoms with Gasteiger partial charge in [-0.3, -0.25) is 9.59 Å². The van der Waals surface area contributed by atoms with E-state index in [9.17, 15) is 14.4 Å². The van der Waals surface area contributed by atoms with Gasteiger partial charge >= 0.3 is 12.1 Å². The van der Waals surface area contributed by atoms with Gasteiger partial charge in [-0.05, 0) is 36.1 Å². The predicted molar refractivity (Wildman–Crippen MR) is 117 cm³/mol. The number of carboxylic acid groups (broad SMARTS) is 1. The smallest absolute Gasteiger partial charge is 0.407 e. The van der Waals surface area contributed by atoms with Crippen molar-refractivity contribution in [2.45, 2.75) is 25.8 Å². The molecule has 2 aromatic rings. The Morgan fingerprint density at radius 2 is 1.61 bits per heavy atom. The van der Waals surface area contributed by atoms with Crippen molar-refractivity contribution in [3.63, 3.8) is 0 Å². The molecular weight excluding hydrogens is 396 g/mol. The van der Waals surface area contributed by atoms with Crippen LogP contribution in [0.25, 0.3) is 11.1 Å². The summed E-state index contributed by atoms with van der Waals surface area (Å²) in [4.78, 5) is 34.8. The van der Waals surface area contributed by atoms with E-state index in [4.69, 9.17) is 9.84 Å². The largest absolute Gasteiger partial charge is 0.481 e. The van der Waals surface area contributed by atoms with E-state index in [0.29, 0.717) is 0 Å². The molecule has 0 spiro atoms. The fraction of sp³-hybridized carbons (Fsp3) is 0.292. The summed E-state index contributed by atoms with van der Waals surface area (Å²) < 4.78 is 5.42. The van der Waals surface area contributed by atoms with Gasteiger partial charge in [0, 0.05) is 24.6 Å². The maximum atomic E-state index is 12.1. The number of fused-ring (bicyclic) bond motifs is 3. The first-order valence-corrected chi connectivity index (χ1v) is 10.2. The second kappa shape index (κ2) is 9.93. The third kappa shape index (κ3) is 5.31. The summed E-state index contributed by atoms with van der Waals surface area (Å²) in [5, 5.41) is 14.1. The number of ether oxygens (including phenoxy) is 1. The number of carbonyl (C=O) groups excluding carboxylic acids is 2. The number of nitrogens with one attached hydrogen (secondary N) is 2. The molecule has 0 aliphatic heterocycles. The highest BCUT2D eigenvalue weighted by Crippen LogP contribution is 2.44. The van der Waals surface area contributed by atoms with Crippen molar-refractivity contribution in [3.05, 3.63) is 71.8 Å². The summed E-state index contributed by atoms with van der Waals surface area (Å²) in [6, 6.07) is 15.7. The van der Waals surface area contributed by atoms with Crippen LogP contribution in [0.2, 0.25) is 0 Å². The Bertz CT molecular complexity index is 955. The van der Waals surface area contributed by atoms with Gasteiger partial charge in [-0.2, -0.15) is 0 Å². The van der Waals surface area contributed by atoms with Crippen molar-refractivity contribution in [1.82, 2.24) is 10.6 Å². The van der Waals surface area contributed by atoms with E-state index in [-0.39, 0.29) is 19.1 Å². The minimum absolute atomic E-state index is 0.0165. The van der Waals surface area contributed by atoms with E-state index in [1.165, 1.54) is 19.1 Å². The fourth-order valence-corrected chi connectivity index (χ4v) is 3.57. The number of hydrogen-bond acceptors (Lipinski definition) is 4. The first kappa shape index (κ1) is 22.1. The van der Waals surface area contributed by atoms with Crippen molar-refractivity contribution < 1.29 is 24.2 Å². The van der Waals surface area contributed by atoms with Crippen molar-refractivity contribution in [2.75, 3.05) is 13.2 Å². The number of rotatable bonds is 8. The molecule has 1 aliphatic carbocycles. The monoisotopic (exact) mass is 422 g/mol. The summed E-state index contributed by atoms with van der Waals surface area (Å²) in [5.41, 5.74) is 4.59. The molecule has 0 saturated heterocycles. The van der Waals surface area contributed by atoms with Gasteiger partial charge in [0.05, 0.1) is 5.92 Å². The molecule has 2 atom stereocenters. The van der Waals surface area contributed by atoms with E-state index >= 15 is 0 Å². The number of benzene rings is 2. The molecule has 0 heterocycles. The standard InChI is InChI=1S/C24H26N2O5/c1-15(23(28)29)16(2)26-22(27)12-7-13-25-24(30)31-14-21-19-10-5-3-8-17(19)18-9-4-6-11-20(18)21/h3-12,15-16,21H,13-14H2,1-2H3,(H,25,30)(H,26,27)(H,28,29)/b12-7+. The van der Waals surface area contributed by atoms with Crippen molar-refractivity contribution >= 4 is 18.0 Å². The zero-order valence-electron chi connectivity index (χ0n) is 17.5. The van der Waals surface area contributed by atoms with Crippen molar-refractivity contribution in [2.24, 2.45) is 5.92 Å². The number of carboxylic acids is 1. The van der Waals surface area contributed by atoms with E-state index in [2.05, 4.69) is 34.9 Å². The molecule has 2 amide bonds. The number of alkyl carbamates (subject to hydrolysis) is 1. The van der Waals surface area contributed by atoms with Crippen LogP contribution in [0, 0.1) is 5.92 Å². The Kier molecular flexibility index (Phi) is 7.07. The highest BCUT2D eigenvalue weighted by molar-refractivity contribution is 5.88. The molecule has 1 aliphatic rings. The van der Waals surface area contributed by atoms with Gasteiger partial charge in [0.1, 0.15) is 6.61 Å². The van der Waals surface area contributed by atoms with Crippen LogP contribution in [0.1, 0.15) is 30.9 Å². The quantitative estimate of drug-likeness (QED) is 0.566. The molecular formula is C24H26N2O5. The topological polar surface area (TPSA) is 105 Å². The molecule has 3 N–H and O–H groups in total. The lowest BCUT2D eigenvalue weighted by Gasteiger charge is -2.16. The van der Waals surface area contributed by atoms with E-state index in [1.807, 2.05) is 24.3 Å². The molecule has 31 heavy (non-hydrogen) atoms. The molecule has 0 fully saturated rings. The summed E-state index contributed by atoms with van der Waals surface area (Å²) in [6.45, 7) is 3.48. The lowest BCUT2D eigenvalue weighted by molar-refractivity contribution is -0.142. The maximum Gasteiger partial charge on any atom is 0.407 e. The van der Waals surface area contributed by atoms with Crippen LogP contribution in [0.5, 0.6) is 0 Å². The lowest BCUT2D eigenvalue weighted by Crippen LogP contribution is -2.39. The first-order chi connectivity index (χ1) is 14.9. The summed E-state index contributed by atoms with van der Waals surface area (Å²) in [5.74, 6) is -2.11. The highest BCUT2D eigenvalue weighted by Gasteiger charge is 2.28. The third-order valence-electron chi connectivity index (χ3n) is 5.49. The highest BCUT2D eigenvalue weighted by atomic mass is 16.5. The average Bonchev–Trinajstić information content (AvgIpc) is 3.08. The number of amides is 2. The van der Waals surface area contributed by atoms with E-state index in [0.717, 1.165) is 22.3 Å². The fourth-order valence-electron chi connectivity index (χ4n) is 3.57. The Morgan fingerprint density at radius 3 is 2.19 bits per heavy atom. The normalized spacial score (nSPS) is 14.4. The van der Waals surface area contributed by atoms with Gasteiger partial charge in [-0.25, -0.2) is 4.79 Å². The van der Waals surface area contributed by atoms with Crippen molar-refractivity contribution in [3.8, 4) is 11.1 Å². The molecule has 0 aromatic heterocycles. The Morgan fingerprint density at radius 1 is 1.03 bits per heavy atom. The molecule has 0 saturated carbocycles. The third-order valence-corrected chi connectivity index (χ3v) is 5.49. The van der Waals surface area contributed by atoms with Crippen LogP contribution in [0.3, 0.4) is 0 Å². The Hall–Kier alpha value is -3.61. The molecule has 7 heteroatoms. The first-order valence-electron chi connectivity index (χ1n) is 10.2. The summed E-state index contributed by atoms with van der Waals surface area (Å²) in [7, 11) is 0. The molecule has 162 valence electrons. The second-order valence-corrected chi connectivity index (χ2v) is 7.53. The van der Waals surface area contributed by atoms with Crippen LogP contribution in [0.4, 0.5) is 4.79 Å². The van der Waals surface area contributed by atoms with E-state index < -0.39 is 29.9 Å². The maximum absolute atomic E-state index is 12.1. The molecule has 0 bridgehead atoms. The zero-order valence-corrected chi connectivity index (χ0v) is 17.5. The number of hydrogen-bond donors (Lipinski definition) is 3. The summed E-state index contributed by atoms with van der Waals surface area (Å²) >= 11 is 0. The van der Waals surface area contributed by atoms with E-state index in [1.54, 1.807) is 6.92 Å². The molecule has 0 radical (unpaired) electrons. The van der Waals surface area contributed by atoms with Gasteiger partial charge in [-0.1, -0.05) is 54.6 Å². The van der Waals surface area contributed by atoms with Gasteiger partial charge < -0.3 is 20.5 Å². The Balaban J connectivity index is 1.47. The number of carbonyl (C=O) groups is 3.